The molecule has 0 aliphatic heterocycles. The van der Waals surface area contributed by atoms with Gasteiger partial charge in [-0.2, -0.15) is 0 Å². The first-order chi connectivity index (χ1) is 3.41. The van der Waals surface area contributed by atoms with Crippen LogP contribution in [0.4, 0.5) is 0 Å². The van der Waals surface area contributed by atoms with Crippen molar-refractivity contribution in [1.29, 1.82) is 0 Å². The Morgan fingerprint density at radius 2 is 1.57 bits per heavy atom. The van der Waals surface area contributed by atoms with E-state index in [1.165, 1.54) is 0 Å². The third kappa shape index (κ3) is 5.34. The van der Waals surface area contributed by atoms with Gasteiger partial charge in [0.25, 0.3) is 0 Å². The highest BCUT2D eigenvalue weighted by Gasteiger charge is 1.80. The zero-order chi connectivity index (χ0) is 5.54. The molecule has 0 aliphatic carbocycles. The molecule has 40 valence electrons. The Labute approximate surface area is 44.0 Å². The van der Waals surface area contributed by atoms with Crippen LogP contribution in [0.3, 0.4) is 0 Å². The van der Waals surface area contributed by atoms with Gasteiger partial charge >= 0.3 is 1.43 Å². The van der Waals surface area contributed by atoms with Crippen molar-refractivity contribution in [3.8, 4) is 0 Å². The average Bonchev–Trinajstić information content (AvgIpc) is 1.69. The summed E-state index contributed by atoms with van der Waals surface area (Å²) < 4.78 is 0. The van der Waals surface area contributed by atoms with Crippen LogP contribution in [-0.4, -0.2) is 12.6 Å². The summed E-state index contributed by atoms with van der Waals surface area (Å²) >= 11 is 0. The smallest absolute Gasteiger partial charge is 0.303 e. The maximum Gasteiger partial charge on any atom is 1.00 e. The Hall–Kier alpha value is -0.660. The van der Waals surface area contributed by atoms with E-state index in [2.05, 4.69) is 0 Å². The van der Waals surface area contributed by atoms with Gasteiger partial charge in [0.05, 0.1) is 0 Å². The number of rotatable bonds is 4. The number of hydrogen-bond donors (Lipinski definition) is 0. The second-order valence-electron chi connectivity index (χ2n) is 1.26. The fourth-order valence-corrected chi connectivity index (χ4v) is 0.285. The van der Waals surface area contributed by atoms with Crippen LogP contribution in [0.25, 0.3) is 0 Å². The predicted molar refractivity (Wildman–Crippen MR) is 27.1 cm³/mol. The van der Waals surface area contributed by atoms with E-state index in [-0.39, 0.29) is 1.43 Å². The van der Waals surface area contributed by atoms with E-state index in [0.29, 0.717) is 19.3 Å². The van der Waals surface area contributed by atoms with Crippen molar-refractivity contribution in [3.05, 3.63) is 0 Å². The molecular weight excluding hydrogens is 92.1 g/mol. The number of unbranched alkanes of at least 4 members (excludes halogenated alkanes) is 2. The van der Waals surface area contributed by atoms with Gasteiger partial charge in [0.2, 0.25) is 0 Å². The lowest BCUT2D eigenvalue weighted by Crippen LogP contribution is -1.76. The van der Waals surface area contributed by atoms with Gasteiger partial charge in [-0.05, 0) is 6.42 Å². The normalized spacial score (nSPS) is 8.00. The molecule has 0 heterocycles. The Morgan fingerprint density at radius 1 is 1.14 bits per heavy atom. The summed E-state index contributed by atoms with van der Waals surface area (Å²) in [4.78, 5) is 19.1. The first-order valence-corrected chi connectivity index (χ1v) is 2.29. The van der Waals surface area contributed by atoms with E-state index >= 15 is 0 Å². The fraction of sp³-hybridized carbons (Fsp3) is 0.600. The van der Waals surface area contributed by atoms with E-state index in [4.69, 9.17) is 0 Å². The zero-order valence-corrected chi connectivity index (χ0v) is 4.09. The second-order valence-corrected chi connectivity index (χ2v) is 1.26. The monoisotopic (exact) mass is 101 g/mol. The summed E-state index contributed by atoms with van der Waals surface area (Å²) in [6, 6.07) is 0. The highest BCUT2D eigenvalue weighted by atomic mass is 16.1. The molecule has 0 amide bonds. The Kier molecular flexibility index (Phi) is 4.84. The van der Waals surface area contributed by atoms with E-state index < -0.39 is 0 Å². The van der Waals surface area contributed by atoms with Crippen LogP contribution < -0.4 is 0 Å². The zero-order valence-electron chi connectivity index (χ0n) is 5.09. The van der Waals surface area contributed by atoms with E-state index in [0.717, 1.165) is 12.6 Å². The molecule has 2 heteroatoms. The van der Waals surface area contributed by atoms with Crippen LogP contribution in [0.1, 0.15) is 20.7 Å². The summed E-state index contributed by atoms with van der Waals surface area (Å²) in [5.41, 5.74) is 0. The Bertz CT molecular complexity index is 55.4. The molecular formula is C5H9O2+. The first-order valence-electron chi connectivity index (χ1n) is 2.29. The summed E-state index contributed by atoms with van der Waals surface area (Å²) in [5.74, 6) is 0. The molecule has 0 saturated heterocycles. The van der Waals surface area contributed by atoms with Crippen LogP contribution in [0.15, 0.2) is 0 Å². The first kappa shape index (κ1) is 6.34. The van der Waals surface area contributed by atoms with Crippen molar-refractivity contribution >= 4 is 12.6 Å². The van der Waals surface area contributed by atoms with Gasteiger partial charge in [0.1, 0.15) is 12.6 Å². The summed E-state index contributed by atoms with van der Waals surface area (Å²) in [6.45, 7) is 0. The number of carbonyl (C=O) groups is 2. The largest absolute Gasteiger partial charge is 1.00 e. The molecule has 0 rings (SSSR count). The van der Waals surface area contributed by atoms with Gasteiger partial charge in [-0.1, -0.05) is 0 Å². The third-order valence-corrected chi connectivity index (χ3v) is 0.644. The molecule has 0 saturated carbocycles. The SMILES string of the molecule is O=CCCCC=O.[H+]. The lowest BCUT2D eigenvalue weighted by molar-refractivity contribution is -0.108. The number of aldehydes is 2. The highest BCUT2D eigenvalue weighted by Crippen LogP contribution is 1.85. The molecule has 2 nitrogen and oxygen atoms in total. The lowest BCUT2D eigenvalue weighted by atomic mass is 10.3. The molecule has 0 aromatic rings. The van der Waals surface area contributed by atoms with Crippen LogP contribution in [0.2, 0.25) is 0 Å². The van der Waals surface area contributed by atoms with Gasteiger partial charge in [-0.3, -0.25) is 0 Å². The van der Waals surface area contributed by atoms with Gasteiger partial charge in [-0.25, -0.2) is 0 Å². The molecule has 0 aromatic carbocycles. The van der Waals surface area contributed by atoms with Crippen molar-refractivity contribution in [2.75, 3.05) is 0 Å². The molecule has 0 radical (unpaired) electrons. The van der Waals surface area contributed by atoms with Gasteiger partial charge < -0.3 is 9.59 Å². The van der Waals surface area contributed by atoms with Gasteiger partial charge in [0.15, 0.2) is 0 Å². The standard InChI is InChI=1S/C5H8O2/c6-4-2-1-3-5-7/h4-5H,1-3H2/p+1. The fourth-order valence-electron chi connectivity index (χ4n) is 0.285. The molecule has 0 spiro atoms. The van der Waals surface area contributed by atoms with Crippen molar-refractivity contribution < 1.29 is 11.0 Å². The molecule has 0 bridgehead atoms. The maximum absolute atomic E-state index is 9.56. The van der Waals surface area contributed by atoms with Crippen molar-refractivity contribution in [3.63, 3.8) is 0 Å². The van der Waals surface area contributed by atoms with Crippen molar-refractivity contribution in [1.82, 2.24) is 0 Å². The summed E-state index contributed by atoms with van der Waals surface area (Å²) in [6.07, 6.45) is 3.37. The molecule has 0 N–H and O–H groups in total. The minimum absolute atomic E-state index is 0. The topological polar surface area (TPSA) is 34.1 Å². The summed E-state index contributed by atoms with van der Waals surface area (Å²) in [7, 11) is 0. The second kappa shape index (κ2) is 5.34. The Balaban J connectivity index is 0. The van der Waals surface area contributed by atoms with Crippen LogP contribution in [0, 0.1) is 0 Å². The molecule has 0 fully saturated rings. The third-order valence-electron chi connectivity index (χ3n) is 0.644. The molecule has 0 atom stereocenters. The lowest BCUT2D eigenvalue weighted by Gasteiger charge is -1.78. The van der Waals surface area contributed by atoms with E-state index in [9.17, 15) is 9.59 Å². The minimum atomic E-state index is 0. The van der Waals surface area contributed by atoms with Crippen LogP contribution in [-0.2, 0) is 9.59 Å². The Morgan fingerprint density at radius 3 is 1.86 bits per heavy atom. The van der Waals surface area contributed by atoms with Gasteiger partial charge in [-0.15, -0.1) is 0 Å². The number of carbonyl (C=O) groups excluding carboxylic acids is 2. The number of hydrogen-bond acceptors (Lipinski definition) is 2. The highest BCUT2D eigenvalue weighted by molar-refractivity contribution is 5.52. The molecule has 0 aromatic heterocycles. The minimum Gasteiger partial charge on any atom is -0.303 e. The molecule has 7 heavy (non-hydrogen) atoms. The average molecular weight is 101 g/mol. The van der Waals surface area contributed by atoms with Crippen LogP contribution >= 0.6 is 0 Å². The predicted octanol–water partition coefficient (Wildman–Crippen LogP) is 0.667. The molecule has 0 aliphatic rings. The van der Waals surface area contributed by atoms with Crippen molar-refractivity contribution in [2.45, 2.75) is 19.3 Å². The molecule has 0 unspecified atom stereocenters. The quantitative estimate of drug-likeness (QED) is 0.385. The van der Waals surface area contributed by atoms with E-state index in [1.807, 2.05) is 0 Å². The van der Waals surface area contributed by atoms with Gasteiger partial charge in [0, 0.05) is 12.8 Å². The van der Waals surface area contributed by atoms with Crippen LogP contribution in [0.5, 0.6) is 0 Å². The maximum atomic E-state index is 9.56. The summed E-state index contributed by atoms with van der Waals surface area (Å²) in [5, 5.41) is 0. The van der Waals surface area contributed by atoms with E-state index in [1.54, 1.807) is 0 Å². The van der Waals surface area contributed by atoms with Crippen molar-refractivity contribution in [2.24, 2.45) is 0 Å².